The van der Waals surface area contributed by atoms with Crippen LogP contribution in [0.5, 0.6) is 0 Å². The van der Waals surface area contributed by atoms with E-state index in [2.05, 4.69) is 41.1 Å². The number of aryl methyl sites for hydroxylation is 1. The summed E-state index contributed by atoms with van der Waals surface area (Å²) in [7, 11) is 0. The van der Waals surface area contributed by atoms with E-state index in [0.717, 1.165) is 54.7 Å². The lowest BCUT2D eigenvalue weighted by molar-refractivity contribution is -0.132. The summed E-state index contributed by atoms with van der Waals surface area (Å²) in [6.45, 7) is 8.93. The lowest BCUT2D eigenvalue weighted by atomic mass is 10.2. The number of aromatic nitrogens is 1. The first-order valence-electron chi connectivity index (χ1n) is 8.65. The van der Waals surface area contributed by atoms with E-state index in [-0.39, 0.29) is 5.91 Å². The Morgan fingerprint density at radius 3 is 2.54 bits per heavy atom. The fraction of sp³-hybridized carbons (Fsp3) is 0.474. The standard InChI is InChI=1S/C19H25N3OS/c1-3-21-9-11-22(12-10-21)19(23)14-17-15(2)20-18(24-17)13-16-7-5-4-6-8-16/h4-8H,3,9-14H2,1-2H3. The first-order chi connectivity index (χ1) is 11.7. The third-order valence-electron chi connectivity index (χ3n) is 4.62. The molecule has 1 aliphatic rings. The fourth-order valence-electron chi connectivity index (χ4n) is 3.06. The van der Waals surface area contributed by atoms with Gasteiger partial charge in [-0.3, -0.25) is 4.79 Å². The van der Waals surface area contributed by atoms with Crippen molar-refractivity contribution in [2.75, 3.05) is 32.7 Å². The maximum absolute atomic E-state index is 12.6. The highest BCUT2D eigenvalue weighted by atomic mass is 32.1. The molecule has 0 atom stereocenters. The number of carbonyl (C=O) groups excluding carboxylic acids is 1. The summed E-state index contributed by atoms with van der Waals surface area (Å²) >= 11 is 1.68. The second kappa shape index (κ2) is 7.90. The highest BCUT2D eigenvalue weighted by Crippen LogP contribution is 2.22. The number of carbonyl (C=O) groups is 1. The van der Waals surface area contributed by atoms with Gasteiger partial charge in [0.05, 0.1) is 17.1 Å². The van der Waals surface area contributed by atoms with E-state index < -0.39 is 0 Å². The van der Waals surface area contributed by atoms with Crippen molar-refractivity contribution in [2.24, 2.45) is 0 Å². The number of likely N-dealkylation sites (N-methyl/N-ethyl adjacent to an activating group) is 1. The van der Waals surface area contributed by atoms with Crippen LogP contribution in [0.15, 0.2) is 30.3 Å². The lowest BCUT2D eigenvalue weighted by Gasteiger charge is -2.34. The maximum Gasteiger partial charge on any atom is 0.227 e. The van der Waals surface area contributed by atoms with Gasteiger partial charge in [0.15, 0.2) is 0 Å². The molecular formula is C19H25N3OS. The molecule has 5 heteroatoms. The summed E-state index contributed by atoms with van der Waals surface area (Å²) < 4.78 is 0. The molecule has 0 bridgehead atoms. The average molecular weight is 343 g/mol. The second-order valence-electron chi connectivity index (χ2n) is 6.27. The van der Waals surface area contributed by atoms with Crippen LogP contribution in [0.4, 0.5) is 0 Å². The number of piperazine rings is 1. The predicted molar refractivity (Wildman–Crippen MR) is 98.5 cm³/mol. The van der Waals surface area contributed by atoms with Gasteiger partial charge in [0.25, 0.3) is 0 Å². The van der Waals surface area contributed by atoms with Gasteiger partial charge in [-0.1, -0.05) is 37.3 Å². The molecule has 24 heavy (non-hydrogen) atoms. The van der Waals surface area contributed by atoms with Crippen LogP contribution >= 0.6 is 11.3 Å². The van der Waals surface area contributed by atoms with Gasteiger partial charge in [0.1, 0.15) is 0 Å². The lowest BCUT2D eigenvalue weighted by Crippen LogP contribution is -2.48. The van der Waals surface area contributed by atoms with Crippen molar-refractivity contribution < 1.29 is 4.79 Å². The molecule has 0 unspecified atom stereocenters. The smallest absolute Gasteiger partial charge is 0.227 e. The SMILES string of the molecule is CCN1CCN(C(=O)Cc2sc(Cc3ccccc3)nc2C)CC1. The number of hydrogen-bond donors (Lipinski definition) is 0. The minimum absolute atomic E-state index is 0.240. The van der Waals surface area contributed by atoms with Gasteiger partial charge >= 0.3 is 0 Å². The molecule has 1 aliphatic heterocycles. The molecule has 0 saturated carbocycles. The third kappa shape index (κ3) is 4.22. The van der Waals surface area contributed by atoms with Crippen LogP contribution in [0.2, 0.25) is 0 Å². The van der Waals surface area contributed by atoms with Gasteiger partial charge in [0.2, 0.25) is 5.91 Å². The molecule has 0 aliphatic carbocycles. The molecule has 1 aromatic carbocycles. The minimum atomic E-state index is 0.240. The first-order valence-corrected chi connectivity index (χ1v) is 9.46. The molecule has 1 fully saturated rings. The first kappa shape index (κ1) is 17.1. The number of nitrogens with zero attached hydrogens (tertiary/aromatic N) is 3. The summed E-state index contributed by atoms with van der Waals surface area (Å²) in [6.07, 6.45) is 1.33. The highest BCUT2D eigenvalue weighted by molar-refractivity contribution is 7.11. The molecule has 0 N–H and O–H groups in total. The number of rotatable bonds is 5. The van der Waals surface area contributed by atoms with E-state index >= 15 is 0 Å². The van der Waals surface area contributed by atoms with E-state index in [1.807, 2.05) is 17.9 Å². The molecule has 128 valence electrons. The van der Waals surface area contributed by atoms with Gasteiger partial charge in [-0.15, -0.1) is 11.3 Å². The van der Waals surface area contributed by atoms with Crippen LogP contribution in [0.3, 0.4) is 0 Å². The molecule has 2 heterocycles. The monoisotopic (exact) mass is 343 g/mol. The molecule has 1 amide bonds. The Morgan fingerprint density at radius 2 is 1.88 bits per heavy atom. The van der Waals surface area contributed by atoms with Crippen molar-refractivity contribution in [1.29, 1.82) is 0 Å². The molecule has 0 radical (unpaired) electrons. The van der Waals surface area contributed by atoms with Crippen molar-refractivity contribution in [3.63, 3.8) is 0 Å². The van der Waals surface area contributed by atoms with Crippen LogP contribution in [0.1, 0.15) is 28.1 Å². The van der Waals surface area contributed by atoms with Gasteiger partial charge in [-0.25, -0.2) is 4.98 Å². The Balaban J connectivity index is 1.60. The van der Waals surface area contributed by atoms with E-state index in [0.29, 0.717) is 6.42 Å². The Bertz CT molecular complexity index is 675. The Kier molecular flexibility index (Phi) is 5.63. The second-order valence-corrected chi connectivity index (χ2v) is 7.44. The Morgan fingerprint density at radius 1 is 1.17 bits per heavy atom. The third-order valence-corrected chi connectivity index (χ3v) is 5.78. The Labute approximate surface area is 148 Å². The van der Waals surface area contributed by atoms with Crippen molar-refractivity contribution in [2.45, 2.75) is 26.7 Å². The van der Waals surface area contributed by atoms with E-state index in [1.165, 1.54) is 5.56 Å². The summed E-state index contributed by atoms with van der Waals surface area (Å²) in [4.78, 5) is 22.7. The van der Waals surface area contributed by atoms with Crippen molar-refractivity contribution in [1.82, 2.24) is 14.8 Å². The zero-order valence-electron chi connectivity index (χ0n) is 14.5. The van der Waals surface area contributed by atoms with Crippen LogP contribution in [-0.4, -0.2) is 53.4 Å². The Hall–Kier alpha value is -1.72. The van der Waals surface area contributed by atoms with Gasteiger partial charge in [-0.2, -0.15) is 0 Å². The number of hydrogen-bond acceptors (Lipinski definition) is 4. The molecule has 2 aromatic rings. The van der Waals surface area contributed by atoms with Gasteiger partial charge < -0.3 is 9.80 Å². The normalized spacial score (nSPS) is 15.7. The summed E-state index contributed by atoms with van der Waals surface area (Å²) in [5.74, 6) is 0.240. The van der Waals surface area contributed by atoms with Crippen molar-refractivity contribution in [3.05, 3.63) is 51.5 Å². The predicted octanol–water partition coefficient (Wildman–Crippen LogP) is 2.75. The van der Waals surface area contributed by atoms with Crippen LogP contribution in [-0.2, 0) is 17.6 Å². The quantitative estimate of drug-likeness (QED) is 0.838. The van der Waals surface area contributed by atoms with Crippen LogP contribution in [0.25, 0.3) is 0 Å². The average Bonchev–Trinajstić information content (AvgIpc) is 2.95. The zero-order valence-corrected chi connectivity index (χ0v) is 15.3. The van der Waals surface area contributed by atoms with Crippen LogP contribution < -0.4 is 0 Å². The largest absolute Gasteiger partial charge is 0.340 e. The summed E-state index contributed by atoms with van der Waals surface area (Å²) in [5, 5.41) is 1.09. The van der Waals surface area contributed by atoms with Crippen molar-refractivity contribution in [3.8, 4) is 0 Å². The maximum atomic E-state index is 12.6. The topological polar surface area (TPSA) is 36.4 Å². The number of amides is 1. The minimum Gasteiger partial charge on any atom is -0.340 e. The molecule has 1 aromatic heterocycles. The molecule has 4 nitrogen and oxygen atoms in total. The molecule has 3 rings (SSSR count). The number of thiazole rings is 1. The molecular weight excluding hydrogens is 318 g/mol. The summed E-state index contributed by atoms with van der Waals surface area (Å²) in [5.41, 5.74) is 2.27. The molecule has 0 spiro atoms. The molecule has 1 saturated heterocycles. The highest BCUT2D eigenvalue weighted by Gasteiger charge is 2.21. The van der Waals surface area contributed by atoms with E-state index in [1.54, 1.807) is 11.3 Å². The fourth-order valence-corrected chi connectivity index (χ4v) is 4.16. The van der Waals surface area contributed by atoms with E-state index in [9.17, 15) is 4.79 Å². The van der Waals surface area contributed by atoms with Crippen LogP contribution in [0, 0.1) is 6.92 Å². The van der Waals surface area contributed by atoms with Gasteiger partial charge in [0, 0.05) is 37.5 Å². The van der Waals surface area contributed by atoms with E-state index in [4.69, 9.17) is 0 Å². The van der Waals surface area contributed by atoms with Crippen molar-refractivity contribution >= 4 is 17.2 Å². The van der Waals surface area contributed by atoms with Gasteiger partial charge in [-0.05, 0) is 19.0 Å². The zero-order chi connectivity index (χ0) is 16.9. The summed E-state index contributed by atoms with van der Waals surface area (Å²) in [6, 6.07) is 10.4. The number of benzene rings is 1.